The van der Waals surface area contributed by atoms with Gasteiger partial charge in [0.15, 0.2) is 16.9 Å². The van der Waals surface area contributed by atoms with Gasteiger partial charge in [0, 0.05) is 29.7 Å². The van der Waals surface area contributed by atoms with Crippen LogP contribution in [-0.4, -0.2) is 108 Å². The standard InChI is InChI=1S/C27H30O14/c1-9-20(32)22(34)17(38-9)7-12-21(33)19-14(31)5-11(29)6-16(19)39-26(12)10-2-3-15(13(30)4-10)40-27-25(37)24(36)23(35)18(8-28)41-27/h2-6,9,17-18,20,22-25,27-32,34-37H,7-8H2,1H3/t9-,17-,18+,20-,22+,23+,24-,25+,27+/m0/s1. The number of hydrogen-bond donors (Lipinski definition) is 9. The number of phenols is 3. The van der Waals surface area contributed by atoms with Crippen molar-refractivity contribution in [3.63, 3.8) is 0 Å². The van der Waals surface area contributed by atoms with Crippen LogP contribution in [0.25, 0.3) is 22.3 Å². The second kappa shape index (κ2) is 11.1. The molecule has 0 amide bonds. The van der Waals surface area contributed by atoms with Crippen molar-refractivity contribution >= 4 is 11.0 Å². The lowest BCUT2D eigenvalue weighted by atomic mass is 9.96. The minimum atomic E-state index is -1.73. The van der Waals surface area contributed by atoms with Crippen LogP contribution in [0.5, 0.6) is 23.0 Å². The molecule has 2 aliphatic rings. The van der Waals surface area contributed by atoms with Gasteiger partial charge in [-0.1, -0.05) is 0 Å². The molecule has 2 aromatic carbocycles. The van der Waals surface area contributed by atoms with Gasteiger partial charge < -0.3 is 64.6 Å². The summed E-state index contributed by atoms with van der Waals surface area (Å²) in [5.41, 5.74) is -0.814. The summed E-state index contributed by atoms with van der Waals surface area (Å²) in [5.74, 6) is -1.78. The van der Waals surface area contributed by atoms with E-state index in [0.29, 0.717) is 0 Å². The van der Waals surface area contributed by atoms with Crippen LogP contribution in [0.1, 0.15) is 12.5 Å². The largest absolute Gasteiger partial charge is 0.508 e. The predicted molar refractivity (Wildman–Crippen MR) is 137 cm³/mol. The van der Waals surface area contributed by atoms with E-state index in [1.54, 1.807) is 6.92 Å². The number of hydrogen-bond acceptors (Lipinski definition) is 14. The van der Waals surface area contributed by atoms with E-state index in [-0.39, 0.29) is 45.8 Å². The molecule has 0 radical (unpaired) electrons. The van der Waals surface area contributed by atoms with Gasteiger partial charge in [-0.2, -0.15) is 0 Å². The first-order valence-corrected chi connectivity index (χ1v) is 12.7. The Kier molecular flexibility index (Phi) is 7.84. The van der Waals surface area contributed by atoms with Crippen molar-refractivity contribution in [2.24, 2.45) is 0 Å². The summed E-state index contributed by atoms with van der Waals surface area (Å²) < 4.78 is 22.3. The van der Waals surface area contributed by atoms with E-state index < -0.39 is 78.7 Å². The van der Waals surface area contributed by atoms with Gasteiger partial charge in [-0.25, -0.2) is 0 Å². The first-order valence-electron chi connectivity index (χ1n) is 12.7. The van der Waals surface area contributed by atoms with Gasteiger partial charge in [0.1, 0.15) is 64.9 Å². The third-order valence-electron chi connectivity index (χ3n) is 7.37. The molecule has 0 aliphatic carbocycles. The lowest BCUT2D eigenvalue weighted by molar-refractivity contribution is -0.277. The second-order valence-corrected chi connectivity index (χ2v) is 10.1. The fraction of sp³-hybridized carbons (Fsp3) is 0.444. The Morgan fingerprint density at radius 1 is 0.829 bits per heavy atom. The number of aliphatic hydroxyl groups is 6. The van der Waals surface area contributed by atoms with E-state index in [2.05, 4.69) is 0 Å². The molecule has 2 fully saturated rings. The van der Waals surface area contributed by atoms with Gasteiger partial charge >= 0.3 is 0 Å². The average molecular weight is 579 g/mol. The zero-order valence-corrected chi connectivity index (χ0v) is 21.6. The van der Waals surface area contributed by atoms with E-state index in [1.165, 1.54) is 12.1 Å². The molecule has 3 heterocycles. The molecule has 0 spiro atoms. The highest BCUT2D eigenvalue weighted by Gasteiger charge is 2.45. The molecule has 41 heavy (non-hydrogen) atoms. The van der Waals surface area contributed by atoms with Crippen molar-refractivity contribution in [2.45, 2.75) is 68.5 Å². The quantitative estimate of drug-likeness (QED) is 0.167. The number of ether oxygens (including phenoxy) is 3. The molecule has 1 aromatic heterocycles. The molecule has 2 saturated heterocycles. The summed E-state index contributed by atoms with van der Waals surface area (Å²) in [6.07, 6.45) is -12.4. The third kappa shape index (κ3) is 5.20. The second-order valence-electron chi connectivity index (χ2n) is 10.1. The molecule has 3 aromatic rings. The Hall–Kier alpha value is -3.47. The lowest BCUT2D eigenvalue weighted by Crippen LogP contribution is -2.60. The fourth-order valence-electron chi connectivity index (χ4n) is 5.09. The number of aromatic hydroxyl groups is 3. The number of aliphatic hydroxyl groups excluding tert-OH is 6. The van der Waals surface area contributed by atoms with Crippen molar-refractivity contribution in [1.82, 2.24) is 0 Å². The minimum Gasteiger partial charge on any atom is -0.508 e. The van der Waals surface area contributed by atoms with Crippen LogP contribution >= 0.6 is 0 Å². The molecule has 2 aliphatic heterocycles. The first kappa shape index (κ1) is 29.0. The van der Waals surface area contributed by atoms with Gasteiger partial charge in [-0.15, -0.1) is 0 Å². The topological polar surface area (TPSA) is 240 Å². The summed E-state index contributed by atoms with van der Waals surface area (Å²) >= 11 is 0. The van der Waals surface area contributed by atoms with Gasteiger partial charge in [-0.3, -0.25) is 4.79 Å². The summed E-state index contributed by atoms with van der Waals surface area (Å²) in [7, 11) is 0. The van der Waals surface area contributed by atoms with Crippen molar-refractivity contribution in [1.29, 1.82) is 0 Å². The van der Waals surface area contributed by atoms with Crippen molar-refractivity contribution < 1.29 is 64.6 Å². The number of phenolic OH excluding ortho intramolecular Hbond substituents is 3. The molecule has 5 rings (SSSR count). The van der Waals surface area contributed by atoms with Crippen LogP contribution in [0.15, 0.2) is 39.5 Å². The molecular weight excluding hydrogens is 548 g/mol. The molecule has 9 atom stereocenters. The van der Waals surface area contributed by atoms with Crippen molar-refractivity contribution in [2.75, 3.05) is 6.61 Å². The third-order valence-corrected chi connectivity index (χ3v) is 7.37. The van der Waals surface area contributed by atoms with E-state index in [9.17, 15) is 50.8 Å². The molecule has 9 N–H and O–H groups in total. The zero-order chi connectivity index (χ0) is 29.7. The van der Waals surface area contributed by atoms with E-state index >= 15 is 0 Å². The lowest BCUT2D eigenvalue weighted by Gasteiger charge is -2.39. The normalized spacial score (nSPS) is 31.9. The predicted octanol–water partition coefficient (Wildman–Crippen LogP) is -1.19. The van der Waals surface area contributed by atoms with Crippen LogP contribution in [0, 0.1) is 0 Å². The summed E-state index contributed by atoms with van der Waals surface area (Å²) in [5, 5.41) is 91.0. The van der Waals surface area contributed by atoms with Crippen LogP contribution in [0.4, 0.5) is 0 Å². The van der Waals surface area contributed by atoms with Crippen molar-refractivity contribution in [3.8, 4) is 34.3 Å². The maximum absolute atomic E-state index is 13.6. The highest BCUT2D eigenvalue weighted by Crippen LogP contribution is 2.38. The van der Waals surface area contributed by atoms with Gasteiger partial charge in [0.2, 0.25) is 6.29 Å². The van der Waals surface area contributed by atoms with Crippen molar-refractivity contribution in [3.05, 3.63) is 46.1 Å². The van der Waals surface area contributed by atoms with E-state index in [4.69, 9.17) is 18.6 Å². The van der Waals surface area contributed by atoms with Crippen LogP contribution in [-0.2, 0) is 15.9 Å². The van der Waals surface area contributed by atoms with Gasteiger partial charge in [0.25, 0.3) is 0 Å². The van der Waals surface area contributed by atoms with Gasteiger partial charge in [-0.05, 0) is 25.1 Å². The molecule has 0 saturated carbocycles. The summed E-state index contributed by atoms with van der Waals surface area (Å²) in [6.45, 7) is 0.873. The Morgan fingerprint density at radius 2 is 1.54 bits per heavy atom. The number of fused-ring (bicyclic) bond motifs is 1. The molecular formula is C27H30O14. The number of benzene rings is 2. The van der Waals surface area contributed by atoms with Gasteiger partial charge in [0.05, 0.1) is 18.8 Å². The summed E-state index contributed by atoms with van der Waals surface area (Å²) in [4.78, 5) is 13.6. The zero-order valence-electron chi connectivity index (χ0n) is 21.6. The number of rotatable bonds is 6. The maximum atomic E-state index is 13.6. The average Bonchev–Trinajstić information content (AvgIpc) is 3.17. The van der Waals surface area contributed by atoms with Crippen LogP contribution in [0.2, 0.25) is 0 Å². The molecule has 14 nitrogen and oxygen atoms in total. The monoisotopic (exact) mass is 578 g/mol. The maximum Gasteiger partial charge on any atom is 0.229 e. The van der Waals surface area contributed by atoms with E-state index in [0.717, 1.165) is 18.2 Å². The first-order chi connectivity index (χ1) is 19.4. The Labute approximate surface area is 231 Å². The summed E-state index contributed by atoms with van der Waals surface area (Å²) in [6, 6.07) is 5.85. The SMILES string of the molecule is C[C@@H]1O[C@@H](Cc2c(-c3ccc(O[C@@H]4O[C@H](CO)[C@@H](O)[C@H](O)[C@H]4O)c(O)c3)oc3cc(O)cc(O)c3c2=O)[C@@H](O)[C@H]1O. The van der Waals surface area contributed by atoms with Crippen LogP contribution < -0.4 is 10.2 Å². The highest BCUT2D eigenvalue weighted by molar-refractivity contribution is 5.87. The van der Waals surface area contributed by atoms with Crippen LogP contribution in [0.3, 0.4) is 0 Å². The Morgan fingerprint density at radius 3 is 2.17 bits per heavy atom. The minimum absolute atomic E-state index is 0.0640. The Balaban J connectivity index is 1.54. The molecule has 0 unspecified atom stereocenters. The Bertz CT molecular complexity index is 1490. The smallest absolute Gasteiger partial charge is 0.229 e. The fourth-order valence-corrected chi connectivity index (χ4v) is 5.09. The molecule has 14 heteroatoms. The molecule has 222 valence electrons. The highest BCUT2D eigenvalue weighted by atomic mass is 16.7. The molecule has 0 bridgehead atoms. The van der Waals surface area contributed by atoms with E-state index in [1.807, 2.05) is 0 Å².